The minimum Gasteiger partial charge on any atom is -0.507 e. The highest BCUT2D eigenvalue weighted by Gasteiger charge is 2.67. The summed E-state index contributed by atoms with van der Waals surface area (Å²) >= 11 is 0. The van der Waals surface area contributed by atoms with Gasteiger partial charge in [-0.3, -0.25) is 14.4 Å². The maximum absolute atomic E-state index is 14.2. The smallest absolute Gasteiger partial charge is 0.296 e. The van der Waals surface area contributed by atoms with E-state index in [1.165, 1.54) is 4.90 Å². The number of ketones is 1. The molecule has 2 fully saturated rings. The number of carbonyl (C=O) groups is 3. The first-order valence-electron chi connectivity index (χ1n) is 12.2. The van der Waals surface area contributed by atoms with Crippen molar-refractivity contribution in [2.75, 3.05) is 37.8 Å². The number of rotatable bonds is 4. The van der Waals surface area contributed by atoms with Crippen molar-refractivity contribution >= 4 is 29.0 Å². The van der Waals surface area contributed by atoms with E-state index >= 15 is 0 Å². The predicted molar refractivity (Wildman–Crippen MR) is 129 cm³/mol. The molecule has 1 spiro atoms. The fraction of sp³-hybridized carbons (Fsp3) is 0.370. The van der Waals surface area contributed by atoms with Crippen LogP contribution >= 0.6 is 0 Å². The summed E-state index contributed by atoms with van der Waals surface area (Å²) in [6.45, 7) is 3.56. The minimum absolute atomic E-state index is 0.0696. The van der Waals surface area contributed by atoms with Crippen molar-refractivity contribution < 1.29 is 33.7 Å². The molecule has 0 bridgehead atoms. The summed E-state index contributed by atoms with van der Waals surface area (Å²) in [6, 6.07) is 11.9. The summed E-state index contributed by atoms with van der Waals surface area (Å²) < 4.78 is 17.0. The topological polar surface area (TPSA) is 106 Å². The second-order valence-electron chi connectivity index (χ2n) is 9.24. The van der Waals surface area contributed by atoms with Crippen molar-refractivity contribution in [3.63, 3.8) is 0 Å². The molecular weight excluding hydrogens is 464 g/mol. The van der Waals surface area contributed by atoms with E-state index in [0.29, 0.717) is 55.5 Å². The maximum atomic E-state index is 14.2. The third kappa shape index (κ3) is 3.02. The van der Waals surface area contributed by atoms with E-state index in [-0.39, 0.29) is 23.8 Å². The van der Waals surface area contributed by atoms with E-state index in [0.717, 1.165) is 6.42 Å². The summed E-state index contributed by atoms with van der Waals surface area (Å²) in [5, 5.41) is 11.6. The van der Waals surface area contributed by atoms with E-state index in [2.05, 4.69) is 0 Å². The zero-order valence-corrected chi connectivity index (χ0v) is 19.9. The molecule has 4 aliphatic rings. The minimum atomic E-state index is -1.79. The number of ether oxygens (including phenoxy) is 3. The van der Waals surface area contributed by atoms with Crippen molar-refractivity contribution in [3.05, 3.63) is 59.2 Å². The fourth-order valence-electron chi connectivity index (χ4n) is 5.76. The van der Waals surface area contributed by atoms with Crippen LogP contribution in [0.15, 0.2) is 48.0 Å². The Morgan fingerprint density at radius 1 is 1.06 bits per heavy atom. The van der Waals surface area contributed by atoms with Gasteiger partial charge in [0.15, 0.2) is 17.0 Å². The first-order valence-corrected chi connectivity index (χ1v) is 12.2. The third-order valence-corrected chi connectivity index (χ3v) is 7.35. The van der Waals surface area contributed by atoms with Crippen LogP contribution in [0.4, 0.5) is 5.69 Å². The average molecular weight is 491 g/mol. The Morgan fingerprint density at radius 3 is 2.58 bits per heavy atom. The number of anilines is 1. The van der Waals surface area contributed by atoms with Crippen LogP contribution < -0.4 is 14.4 Å². The molecule has 4 heterocycles. The Labute approximate surface area is 207 Å². The molecular formula is C27H26N2O7. The van der Waals surface area contributed by atoms with Crippen LogP contribution in [-0.2, 0) is 24.7 Å². The number of hydrogen-bond donors (Lipinski definition) is 1. The largest absolute Gasteiger partial charge is 0.507 e. The summed E-state index contributed by atoms with van der Waals surface area (Å²) in [7, 11) is 0. The van der Waals surface area contributed by atoms with E-state index in [1.54, 1.807) is 47.4 Å². The molecule has 0 aromatic heterocycles. The zero-order valence-electron chi connectivity index (χ0n) is 19.9. The molecule has 4 aliphatic heterocycles. The number of fused-ring (bicyclic) bond motifs is 3. The Balaban J connectivity index is 1.59. The number of aliphatic hydroxyl groups is 1. The second-order valence-corrected chi connectivity index (χ2v) is 9.24. The van der Waals surface area contributed by atoms with Gasteiger partial charge in [0.2, 0.25) is 0 Å². The van der Waals surface area contributed by atoms with E-state index < -0.39 is 28.9 Å². The van der Waals surface area contributed by atoms with Gasteiger partial charge in [-0.25, -0.2) is 0 Å². The van der Waals surface area contributed by atoms with Crippen LogP contribution in [0.5, 0.6) is 11.5 Å². The highest BCUT2D eigenvalue weighted by Crippen LogP contribution is 2.54. The van der Waals surface area contributed by atoms with Gasteiger partial charge in [-0.2, -0.15) is 0 Å². The summed E-state index contributed by atoms with van der Waals surface area (Å²) in [5.74, 6) is -1.66. The van der Waals surface area contributed by atoms with Crippen LogP contribution in [0.2, 0.25) is 0 Å². The number of nitrogens with zero attached hydrogens (tertiary/aromatic N) is 2. The number of amides is 2. The van der Waals surface area contributed by atoms with Crippen molar-refractivity contribution in [1.82, 2.24) is 4.90 Å². The van der Waals surface area contributed by atoms with E-state index in [4.69, 9.17) is 14.2 Å². The molecule has 0 unspecified atom stereocenters. The van der Waals surface area contributed by atoms with Gasteiger partial charge in [-0.05, 0) is 44.0 Å². The third-order valence-electron chi connectivity index (χ3n) is 7.35. The number of para-hydroxylation sites is 1. The second kappa shape index (κ2) is 8.37. The number of aliphatic hydroxyl groups excluding tert-OH is 1. The van der Waals surface area contributed by atoms with Gasteiger partial charge in [0.1, 0.15) is 19.0 Å². The highest BCUT2D eigenvalue weighted by molar-refractivity contribution is 6.50. The van der Waals surface area contributed by atoms with Gasteiger partial charge in [-0.1, -0.05) is 18.2 Å². The fourth-order valence-corrected chi connectivity index (χ4v) is 5.76. The molecule has 2 amide bonds. The van der Waals surface area contributed by atoms with Crippen molar-refractivity contribution in [1.29, 1.82) is 0 Å². The molecule has 6 rings (SSSR count). The maximum Gasteiger partial charge on any atom is 0.296 e. The van der Waals surface area contributed by atoms with Crippen LogP contribution in [-0.4, -0.2) is 66.6 Å². The molecule has 9 nitrogen and oxygen atoms in total. The summed E-state index contributed by atoms with van der Waals surface area (Å²) in [5.41, 5.74) is -0.667. The Bertz CT molecular complexity index is 1310. The number of Topliss-reactive ketones (excluding diaryl/α,β-unsaturated/α-hetero) is 1. The molecule has 36 heavy (non-hydrogen) atoms. The molecule has 2 aromatic carbocycles. The van der Waals surface area contributed by atoms with Gasteiger partial charge >= 0.3 is 0 Å². The summed E-state index contributed by atoms with van der Waals surface area (Å²) in [6.07, 6.45) is 1.25. The highest BCUT2D eigenvalue weighted by atomic mass is 16.6. The van der Waals surface area contributed by atoms with Gasteiger partial charge in [0.05, 0.1) is 17.4 Å². The molecule has 0 aliphatic carbocycles. The number of likely N-dealkylation sites (tertiary alicyclic amines) is 1. The lowest BCUT2D eigenvalue weighted by Gasteiger charge is -2.35. The lowest BCUT2D eigenvalue weighted by Crippen LogP contribution is -2.53. The van der Waals surface area contributed by atoms with Crippen LogP contribution in [0.3, 0.4) is 0 Å². The van der Waals surface area contributed by atoms with Gasteiger partial charge in [0, 0.05) is 30.8 Å². The lowest BCUT2D eigenvalue weighted by molar-refractivity contribution is -0.145. The van der Waals surface area contributed by atoms with Gasteiger partial charge < -0.3 is 29.1 Å². The van der Waals surface area contributed by atoms with Crippen LogP contribution in [0.1, 0.15) is 30.9 Å². The Kier molecular flexibility index (Phi) is 5.26. The number of carbonyl (C=O) groups excluding carboxylic acids is 3. The SMILES string of the molecule is CCN1C(=O)[C@@]2(/C(=C(\O)c3ccc4c(c3)OCCO4)C(=O)C(=O)N2C[C@@H]2CCCO2)c2ccccc21. The van der Waals surface area contributed by atoms with Crippen molar-refractivity contribution in [2.45, 2.75) is 31.4 Å². The molecule has 2 saturated heterocycles. The normalized spacial score (nSPS) is 26.2. The standard InChI is InChI=1S/C27H26N2O7/c1-2-28-19-8-4-3-7-18(19)27(26(28)33)22(24(31)25(32)29(27)15-17-6-5-11-34-17)23(30)16-9-10-20-21(14-16)36-13-12-35-20/h3-4,7-10,14,17,30H,2,5-6,11-13,15H2,1H3/b23-22-/t17-,27-/m0/s1. The zero-order chi connectivity index (χ0) is 25.0. The molecule has 186 valence electrons. The Hall–Kier alpha value is -3.85. The number of likely N-dealkylation sites (N-methyl/N-ethyl adjacent to an activating group) is 1. The summed E-state index contributed by atoms with van der Waals surface area (Å²) in [4.78, 5) is 44.3. The number of benzene rings is 2. The molecule has 1 N–H and O–H groups in total. The molecule has 0 radical (unpaired) electrons. The molecule has 9 heteroatoms. The number of hydrogen-bond acceptors (Lipinski definition) is 7. The average Bonchev–Trinajstić information content (AvgIpc) is 3.56. The van der Waals surface area contributed by atoms with Crippen LogP contribution in [0.25, 0.3) is 5.76 Å². The molecule has 2 aromatic rings. The monoisotopic (exact) mass is 490 g/mol. The first-order chi connectivity index (χ1) is 17.5. The van der Waals surface area contributed by atoms with Gasteiger partial charge in [-0.15, -0.1) is 0 Å². The Morgan fingerprint density at radius 2 is 1.83 bits per heavy atom. The van der Waals surface area contributed by atoms with Crippen molar-refractivity contribution in [3.8, 4) is 11.5 Å². The van der Waals surface area contributed by atoms with E-state index in [1.807, 2.05) is 6.92 Å². The quantitative estimate of drug-likeness (QED) is 0.399. The van der Waals surface area contributed by atoms with Crippen molar-refractivity contribution in [2.24, 2.45) is 0 Å². The lowest BCUT2D eigenvalue weighted by atomic mass is 9.81. The first kappa shape index (κ1) is 22.6. The van der Waals surface area contributed by atoms with Crippen LogP contribution in [0, 0.1) is 0 Å². The molecule has 2 atom stereocenters. The van der Waals surface area contributed by atoms with E-state index in [9.17, 15) is 19.5 Å². The predicted octanol–water partition coefficient (Wildman–Crippen LogP) is 2.58. The molecule has 0 saturated carbocycles. The van der Waals surface area contributed by atoms with Gasteiger partial charge in [0.25, 0.3) is 17.6 Å².